The Morgan fingerprint density at radius 2 is 1.31 bits per heavy atom. The molecule has 4 rings (SSSR count). The van der Waals surface area contributed by atoms with Crippen molar-refractivity contribution in [3.8, 4) is 0 Å². The molecule has 6 heteroatoms. The predicted molar refractivity (Wildman–Crippen MR) is 192 cm³/mol. The van der Waals surface area contributed by atoms with Gasteiger partial charge in [0.2, 0.25) is 0 Å². The van der Waals surface area contributed by atoms with E-state index in [-0.39, 0.29) is 37.2 Å². The Morgan fingerprint density at radius 3 is 1.83 bits per heavy atom. The monoisotopic (exact) mass is 660 g/mol. The molecule has 0 heterocycles. The SMILES string of the molecule is C=C(CO)C(=O)OCC(COC(=O)C(C)CO)C1CCC(CCc2ccc(C3CCC(c4ccc(CCCCC)cc4)CC3)cc2)CC1. The number of hydrogen-bond acceptors (Lipinski definition) is 6. The maximum absolute atomic E-state index is 12.2. The lowest BCUT2D eigenvalue weighted by Crippen LogP contribution is -2.32. The van der Waals surface area contributed by atoms with E-state index in [0.29, 0.717) is 17.8 Å². The van der Waals surface area contributed by atoms with Crippen molar-refractivity contribution in [2.24, 2.45) is 23.7 Å². The van der Waals surface area contributed by atoms with Gasteiger partial charge in [0.15, 0.2) is 0 Å². The summed E-state index contributed by atoms with van der Waals surface area (Å²) in [4.78, 5) is 24.3. The Labute approximate surface area is 289 Å². The van der Waals surface area contributed by atoms with Crippen LogP contribution in [0.5, 0.6) is 0 Å². The van der Waals surface area contributed by atoms with E-state index in [0.717, 1.165) is 38.5 Å². The van der Waals surface area contributed by atoms with Crippen LogP contribution in [0.3, 0.4) is 0 Å². The molecule has 2 aliphatic carbocycles. The van der Waals surface area contributed by atoms with Crippen LogP contribution in [-0.2, 0) is 31.9 Å². The van der Waals surface area contributed by atoms with Crippen LogP contribution in [0, 0.1) is 23.7 Å². The first-order valence-electron chi connectivity index (χ1n) is 18.7. The quantitative estimate of drug-likeness (QED) is 0.0947. The summed E-state index contributed by atoms with van der Waals surface area (Å²) in [7, 11) is 0. The fourth-order valence-electron chi connectivity index (χ4n) is 7.65. The zero-order chi connectivity index (χ0) is 34.3. The standard InChI is InChI=1S/C42H60O6/c1-4-5-6-7-32-10-16-35(17-11-32)37-22-24-38(25-23-37)36-18-12-33(13-19-36)8-9-34-14-20-39(21-15-34)40(28-47-41(45)30(2)26-43)29-48-42(46)31(3)27-44/h10-13,16-19,31,34,37-40,43-44H,2,4-9,14-15,20-29H2,1,3H3. The van der Waals surface area contributed by atoms with Crippen LogP contribution >= 0.6 is 0 Å². The summed E-state index contributed by atoms with van der Waals surface area (Å²) in [6.45, 7) is 6.99. The normalized spacial score (nSPS) is 22.4. The number of unbranched alkanes of at least 4 members (excludes halogenated alkanes) is 2. The molecule has 2 fully saturated rings. The Bertz CT molecular complexity index is 1250. The highest BCUT2D eigenvalue weighted by Gasteiger charge is 2.30. The summed E-state index contributed by atoms with van der Waals surface area (Å²) in [6, 6.07) is 18.9. The second-order valence-electron chi connectivity index (χ2n) is 14.6. The zero-order valence-corrected chi connectivity index (χ0v) is 29.5. The van der Waals surface area contributed by atoms with Gasteiger partial charge in [0, 0.05) is 5.92 Å². The number of carbonyl (C=O) groups is 2. The minimum atomic E-state index is -0.622. The van der Waals surface area contributed by atoms with E-state index in [4.69, 9.17) is 9.47 Å². The average Bonchev–Trinajstić information content (AvgIpc) is 3.14. The number of esters is 2. The lowest BCUT2D eigenvalue weighted by Gasteiger charge is -2.33. The number of aryl methyl sites for hydroxylation is 2. The predicted octanol–water partition coefficient (Wildman–Crippen LogP) is 8.48. The molecular weight excluding hydrogens is 600 g/mol. The molecule has 6 nitrogen and oxygen atoms in total. The zero-order valence-electron chi connectivity index (χ0n) is 29.5. The summed E-state index contributed by atoms with van der Waals surface area (Å²) < 4.78 is 10.9. The van der Waals surface area contributed by atoms with Crippen molar-refractivity contribution >= 4 is 11.9 Å². The maximum Gasteiger partial charge on any atom is 0.335 e. The Hall–Kier alpha value is -2.96. The Morgan fingerprint density at radius 1 is 0.771 bits per heavy atom. The van der Waals surface area contributed by atoms with E-state index in [9.17, 15) is 19.8 Å². The number of rotatable bonds is 18. The topological polar surface area (TPSA) is 93.1 Å². The smallest absolute Gasteiger partial charge is 0.335 e. The summed E-state index contributed by atoms with van der Waals surface area (Å²) in [6.07, 6.45) is 16.6. The van der Waals surface area contributed by atoms with Gasteiger partial charge in [-0.25, -0.2) is 4.79 Å². The molecule has 2 N–H and O–H groups in total. The van der Waals surface area contributed by atoms with Crippen LogP contribution in [0.15, 0.2) is 60.7 Å². The molecule has 264 valence electrons. The molecule has 2 aromatic rings. The van der Waals surface area contributed by atoms with Gasteiger partial charge >= 0.3 is 11.9 Å². The summed E-state index contributed by atoms with van der Waals surface area (Å²) in [5.41, 5.74) is 5.92. The molecule has 0 saturated heterocycles. The van der Waals surface area contributed by atoms with Crippen molar-refractivity contribution in [3.05, 3.63) is 82.9 Å². The van der Waals surface area contributed by atoms with E-state index < -0.39 is 24.5 Å². The highest BCUT2D eigenvalue weighted by atomic mass is 16.5. The van der Waals surface area contributed by atoms with Gasteiger partial charge in [0.25, 0.3) is 0 Å². The van der Waals surface area contributed by atoms with Gasteiger partial charge in [-0.1, -0.05) is 87.7 Å². The summed E-state index contributed by atoms with van der Waals surface area (Å²) in [5, 5.41) is 18.5. The Kier molecular flexibility index (Phi) is 15.7. The van der Waals surface area contributed by atoms with E-state index in [1.807, 2.05) is 0 Å². The third-order valence-corrected chi connectivity index (χ3v) is 11.1. The third-order valence-electron chi connectivity index (χ3n) is 11.1. The molecule has 0 bridgehead atoms. The molecule has 0 spiro atoms. The third kappa shape index (κ3) is 11.6. The van der Waals surface area contributed by atoms with Gasteiger partial charge in [0.05, 0.1) is 37.9 Å². The first kappa shape index (κ1) is 37.9. The summed E-state index contributed by atoms with van der Waals surface area (Å²) >= 11 is 0. The van der Waals surface area contributed by atoms with E-state index >= 15 is 0 Å². The molecule has 2 aromatic carbocycles. The minimum Gasteiger partial charge on any atom is -0.465 e. The molecule has 2 saturated carbocycles. The molecular formula is C42H60O6. The van der Waals surface area contributed by atoms with Crippen LogP contribution in [0.2, 0.25) is 0 Å². The highest BCUT2D eigenvalue weighted by molar-refractivity contribution is 5.87. The molecule has 0 radical (unpaired) electrons. The fraction of sp³-hybridized carbons (Fsp3) is 0.619. The van der Waals surface area contributed by atoms with Crippen LogP contribution in [-0.4, -0.2) is 48.6 Å². The number of aliphatic hydroxyl groups excluding tert-OH is 2. The maximum atomic E-state index is 12.2. The van der Waals surface area contributed by atoms with Crippen molar-refractivity contribution in [1.29, 1.82) is 0 Å². The van der Waals surface area contributed by atoms with Crippen molar-refractivity contribution in [3.63, 3.8) is 0 Å². The lowest BCUT2D eigenvalue weighted by atomic mass is 9.74. The molecule has 0 amide bonds. The van der Waals surface area contributed by atoms with Crippen LogP contribution in [0.25, 0.3) is 0 Å². The van der Waals surface area contributed by atoms with Crippen LogP contribution < -0.4 is 0 Å². The number of hydrogen-bond donors (Lipinski definition) is 2. The van der Waals surface area contributed by atoms with E-state index in [2.05, 4.69) is 62.0 Å². The average molecular weight is 661 g/mol. The second-order valence-corrected chi connectivity index (χ2v) is 14.6. The van der Waals surface area contributed by atoms with Crippen molar-refractivity contribution in [2.45, 2.75) is 116 Å². The number of benzene rings is 2. The van der Waals surface area contributed by atoms with Gasteiger partial charge in [-0.3, -0.25) is 4.79 Å². The van der Waals surface area contributed by atoms with Crippen molar-refractivity contribution in [2.75, 3.05) is 26.4 Å². The number of aliphatic hydroxyl groups is 2. The second kappa shape index (κ2) is 19.9. The van der Waals surface area contributed by atoms with Gasteiger partial charge in [-0.05, 0) is 117 Å². The fourth-order valence-corrected chi connectivity index (χ4v) is 7.65. The minimum absolute atomic E-state index is 0.0122. The molecule has 0 aromatic heterocycles. The van der Waals surface area contributed by atoms with Gasteiger partial charge in [-0.15, -0.1) is 0 Å². The van der Waals surface area contributed by atoms with Crippen LogP contribution in [0.4, 0.5) is 0 Å². The van der Waals surface area contributed by atoms with E-state index in [1.54, 1.807) is 6.92 Å². The summed E-state index contributed by atoms with van der Waals surface area (Å²) in [5.74, 6) is 0.507. The molecule has 2 atom stereocenters. The first-order valence-corrected chi connectivity index (χ1v) is 18.7. The lowest BCUT2D eigenvalue weighted by molar-refractivity contribution is -0.153. The van der Waals surface area contributed by atoms with Gasteiger partial charge < -0.3 is 19.7 Å². The van der Waals surface area contributed by atoms with Crippen molar-refractivity contribution in [1.82, 2.24) is 0 Å². The first-order chi connectivity index (χ1) is 23.3. The highest BCUT2D eigenvalue weighted by Crippen LogP contribution is 2.41. The molecule has 48 heavy (non-hydrogen) atoms. The number of ether oxygens (including phenoxy) is 2. The van der Waals surface area contributed by atoms with Gasteiger partial charge in [-0.2, -0.15) is 0 Å². The molecule has 2 aliphatic rings. The molecule has 2 unspecified atom stereocenters. The van der Waals surface area contributed by atoms with Crippen LogP contribution in [0.1, 0.15) is 125 Å². The van der Waals surface area contributed by atoms with Crippen molar-refractivity contribution < 1.29 is 29.3 Å². The molecule has 0 aliphatic heterocycles. The Balaban J connectivity index is 1.19. The van der Waals surface area contributed by atoms with E-state index in [1.165, 1.54) is 73.6 Å². The number of carbonyl (C=O) groups excluding carboxylic acids is 2. The van der Waals surface area contributed by atoms with Gasteiger partial charge in [0.1, 0.15) is 0 Å². The largest absolute Gasteiger partial charge is 0.465 e.